The molecule has 1 N–H and O–H groups in total. The predicted octanol–water partition coefficient (Wildman–Crippen LogP) is 4.55. The maximum Gasteiger partial charge on any atom is 0.0576 e. The first-order chi connectivity index (χ1) is 9.24. The normalized spacial score (nSPS) is 12.4. The van der Waals surface area contributed by atoms with Gasteiger partial charge >= 0.3 is 0 Å². The van der Waals surface area contributed by atoms with E-state index in [0.717, 1.165) is 13.0 Å². The Morgan fingerprint density at radius 1 is 1.00 bits per heavy atom. The summed E-state index contributed by atoms with van der Waals surface area (Å²) in [5, 5.41) is 3.58. The van der Waals surface area contributed by atoms with Crippen molar-refractivity contribution in [3.05, 3.63) is 68.8 Å². The van der Waals surface area contributed by atoms with Crippen molar-refractivity contribution in [2.24, 2.45) is 0 Å². The Balaban J connectivity index is 2.35. The first kappa shape index (κ1) is 14.5. The molecule has 0 aliphatic rings. The fraction of sp³-hybridized carbons (Fsp3) is 0.294. The molecule has 2 aromatic rings. The minimum atomic E-state index is 0.286. The summed E-state index contributed by atoms with van der Waals surface area (Å²) in [4.78, 5) is 0. The highest BCUT2D eigenvalue weighted by molar-refractivity contribution is 14.1. The maximum absolute atomic E-state index is 3.58. The SMILES string of the molecule is CCNC(c1ccc(I)cc1)c1cccc(CC)c1. The van der Waals surface area contributed by atoms with Gasteiger partial charge in [-0.25, -0.2) is 0 Å². The van der Waals surface area contributed by atoms with Crippen molar-refractivity contribution < 1.29 is 0 Å². The maximum atomic E-state index is 3.58. The molecular formula is C17H20IN. The lowest BCUT2D eigenvalue weighted by atomic mass is 9.96. The summed E-state index contributed by atoms with van der Waals surface area (Å²) in [6.07, 6.45) is 1.08. The molecule has 0 spiro atoms. The molecule has 0 aliphatic heterocycles. The van der Waals surface area contributed by atoms with E-state index in [9.17, 15) is 0 Å². The Morgan fingerprint density at radius 3 is 2.37 bits per heavy atom. The minimum Gasteiger partial charge on any atom is -0.307 e. The molecule has 0 heterocycles. The van der Waals surface area contributed by atoms with Gasteiger partial charge in [0.2, 0.25) is 0 Å². The Hall–Kier alpha value is -0.870. The van der Waals surface area contributed by atoms with Gasteiger partial charge in [-0.05, 0) is 64.4 Å². The Morgan fingerprint density at radius 2 is 1.74 bits per heavy atom. The molecule has 0 bridgehead atoms. The van der Waals surface area contributed by atoms with Crippen LogP contribution in [0.3, 0.4) is 0 Å². The first-order valence-electron chi connectivity index (χ1n) is 6.82. The third-order valence-electron chi connectivity index (χ3n) is 3.30. The van der Waals surface area contributed by atoms with Crippen LogP contribution >= 0.6 is 22.6 Å². The van der Waals surface area contributed by atoms with Crippen LogP contribution in [0.25, 0.3) is 0 Å². The molecule has 0 fully saturated rings. The van der Waals surface area contributed by atoms with Crippen LogP contribution in [0.4, 0.5) is 0 Å². The van der Waals surface area contributed by atoms with E-state index in [4.69, 9.17) is 0 Å². The molecule has 2 heteroatoms. The van der Waals surface area contributed by atoms with Gasteiger partial charge in [-0.1, -0.05) is 50.2 Å². The van der Waals surface area contributed by atoms with E-state index in [-0.39, 0.29) is 6.04 Å². The Labute approximate surface area is 129 Å². The van der Waals surface area contributed by atoms with E-state index in [2.05, 4.69) is 90.3 Å². The van der Waals surface area contributed by atoms with Crippen molar-refractivity contribution in [3.8, 4) is 0 Å². The molecule has 2 rings (SSSR count). The van der Waals surface area contributed by atoms with Gasteiger partial charge < -0.3 is 5.32 Å². The summed E-state index contributed by atoms with van der Waals surface area (Å²) < 4.78 is 1.28. The molecule has 2 aromatic carbocycles. The number of rotatable bonds is 5. The second-order valence-electron chi connectivity index (χ2n) is 4.64. The van der Waals surface area contributed by atoms with Gasteiger partial charge in [-0.2, -0.15) is 0 Å². The third-order valence-corrected chi connectivity index (χ3v) is 4.02. The number of benzene rings is 2. The first-order valence-corrected chi connectivity index (χ1v) is 7.90. The van der Waals surface area contributed by atoms with Gasteiger partial charge in [0.1, 0.15) is 0 Å². The van der Waals surface area contributed by atoms with Crippen molar-refractivity contribution in [1.82, 2.24) is 5.32 Å². The summed E-state index contributed by atoms with van der Waals surface area (Å²) >= 11 is 2.35. The highest BCUT2D eigenvalue weighted by Crippen LogP contribution is 2.23. The topological polar surface area (TPSA) is 12.0 Å². The molecule has 0 aromatic heterocycles. The number of halogens is 1. The summed E-state index contributed by atoms with van der Waals surface area (Å²) in [7, 11) is 0. The lowest BCUT2D eigenvalue weighted by Crippen LogP contribution is -2.22. The number of nitrogens with one attached hydrogen (secondary N) is 1. The third kappa shape index (κ3) is 3.80. The van der Waals surface area contributed by atoms with E-state index in [1.165, 1.54) is 20.3 Å². The van der Waals surface area contributed by atoms with E-state index >= 15 is 0 Å². The zero-order valence-electron chi connectivity index (χ0n) is 11.5. The molecule has 1 atom stereocenters. The van der Waals surface area contributed by atoms with E-state index in [1.54, 1.807) is 0 Å². The van der Waals surface area contributed by atoms with E-state index in [1.807, 2.05) is 0 Å². The van der Waals surface area contributed by atoms with Crippen LogP contribution in [-0.2, 0) is 6.42 Å². The quantitative estimate of drug-likeness (QED) is 0.767. The van der Waals surface area contributed by atoms with Gasteiger partial charge in [-0.3, -0.25) is 0 Å². The standard InChI is InChI=1S/C17H20IN/c1-3-13-6-5-7-15(12-13)17(19-4-2)14-8-10-16(18)11-9-14/h5-12,17,19H,3-4H2,1-2H3. The van der Waals surface area contributed by atoms with Crippen molar-refractivity contribution in [1.29, 1.82) is 0 Å². The van der Waals surface area contributed by atoms with Crippen LogP contribution in [0.1, 0.15) is 36.6 Å². The van der Waals surface area contributed by atoms with Crippen molar-refractivity contribution in [3.63, 3.8) is 0 Å². The van der Waals surface area contributed by atoms with Crippen LogP contribution in [0, 0.1) is 3.57 Å². The molecule has 0 saturated carbocycles. The fourth-order valence-electron chi connectivity index (χ4n) is 2.28. The largest absolute Gasteiger partial charge is 0.307 e. The lowest BCUT2D eigenvalue weighted by molar-refractivity contribution is 0.630. The van der Waals surface area contributed by atoms with Crippen LogP contribution in [0.15, 0.2) is 48.5 Å². The Bertz CT molecular complexity index is 519. The highest BCUT2D eigenvalue weighted by atomic mass is 127. The van der Waals surface area contributed by atoms with Crippen LogP contribution in [-0.4, -0.2) is 6.54 Å². The molecule has 19 heavy (non-hydrogen) atoms. The van der Waals surface area contributed by atoms with Crippen LogP contribution in [0.2, 0.25) is 0 Å². The second-order valence-corrected chi connectivity index (χ2v) is 5.89. The van der Waals surface area contributed by atoms with Gasteiger partial charge in [0.05, 0.1) is 6.04 Å². The number of hydrogen-bond donors (Lipinski definition) is 1. The zero-order chi connectivity index (χ0) is 13.7. The predicted molar refractivity (Wildman–Crippen MR) is 90.5 cm³/mol. The molecule has 0 radical (unpaired) electrons. The molecule has 0 aliphatic carbocycles. The average Bonchev–Trinajstić information content (AvgIpc) is 2.46. The molecule has 0 saturated heterocycles. The van der Waals surface area contributed by atoms with Gasteiger partial charge in [0.15, 0.2) is 0 Å². The fourth-order valence-corrected chi connectivity index (χ4v) is 2.64. The Kier molecular flexibility index (Phi) is 5.40. The molecular weight excluding hydrogens is 345 g/mol. The van der Waals surface area contributed by atoms with E-state index < -0.39 is 0 Å². The number of hydrogen-bond acceptors (Lipinski definition) is 1. The van der Waals surface area contributed by atoms with Crippen LogP contribution < -0.4 is 5.32 Å². The lowest BCUT2D eigenvalue weighted by Gasteiger charge is -2.19. The summed E-state index contributed by atoms with van der Waals surface area (Å²) in [6, 6.07) is 17.9. The van der Waals surface area contributed by atoms with Gasteiger partial charge in [-0.15, -0.1) is 0 Å². The second kappa shape index (κ2) is 7.06. The monoisotopic (exact) mass is 365 g/mol. The van der Waals surface area contributed by atoms with Crippen molar-refractivity contribution in [2.75, 3.05) is 6.54 Å². The smallest absolute Gasteiger partial charge is 0.0576 e. The molecule has 1 unspecified atom stereocenters. The molecule has 1 nitrogen and oxygen atoms in total. The van der Waals surface area contributed by atoms with E-state index in [0.29, 0.717) is 0 Å². The molecule has 100 valence electrons. The van der Waals surface area contributed by atoms with Crippen LogP contribution in [0.5, 0.6) is 0 Å². The zero-order valence-corrected chi connectivity index (χ0v) is 13.6. The number of aryl methyl sites for hydroxylation is 1. The average molecular weight is 365 g/mol. The summed E-state index contributed by atoms with van der Waals surface area (Å²) in [6.45, 7) is 5.32. The highest BCUT2D eigenvalue weighted by Gasteiger charge is 2.12. The minimum absolute atomic E-state index is 0.286. The van der Waals surface area contributed by atoms with Gasteiger partial charge in [0, 0.05) is 3.57 Å². The summed E-state index contributed by atoms with van der Waals surface area (Å²) in [5.41, 5.74) is 4.07. The van der Waals surface area contributed by atoms with Gasteiger partial charge in [0.25, 0.3) is 0 Å². The van der Waals surface area contributed by atoms with Crippen molar-refractivity contribution in [2.45, 2.75) is 26.3 Å². The molecule has 0 amide bonds. The summed E-state index contributed by atoms with van der Waals surface area (Å²) in [5.74, 6) is 0. The van der Waals surface area contributed by atoms with Crippen molar-refractivity contribution >= 4 is 22.6 Å².